The SMILES string of the molecule is O=C(CCOC1CCNCC1)NCC1CCSCC1. The molecule has 2 aliphatic heterocycles. The molecule has 1 amide bonds. The van der Waals surface area contributed by atoms with Gasteiger partial charge in [0.1, 0.15) is 0 Å². The first-order chi connectivity index (χ1) is 9.34. The molecule has 0 aromatic rings. The van der Waals surface area contributed by atoms with E-state index in [2.05, 4.69) is 10.6 Å². The van der Waals surface area contributed by atoms with Crippen LogP contribution in [0.25, 0.3) is 0 Å². The van der Waals surface area contributed by atoms with Crippen molar-refractivity contribution in [2.75, 3.05) is 37.7 Å². The lowest BCUT2D eigenvalue weighted by molar-refractivity contribution is -0.122. The maximum atomic E-state index is 11.7. The largest absolute Gasteiger partial charge is 0.378 e. The van der Waals surface area contributed by atoms with Gasteiger partial charge in [0.05, 0.1) is 12.7 Å². The Balaban J connectivity index is 1.49. The minimum absolute atomic E-state index is 0.146. The van der Waals surface area contributed by atoms with Crippen LogP contribution in [0.4, 0.5) is 0 Å². The molecule has 0 spiro atoms. The van der Waals surface area contributed by atoms with Crippen molar-refractivity contribution in [1.29, 1.82) is 0 Å². The van der Waals surface area contributed by atoms with Crippen molar-refractivity contribution in [3.63, 3.8) is 0 Å². The van der Waals surface area contributed by atoms with Crippen LogP contribution in [-0.2, 0) is 9.53 Å². The van der Waals surface area contributed by atoms with Crippen molar-refractivity contribution < 1.29 is 9.53 Å². The third kappa shape index (κ3) is 6.15. The molecule has 0 radical (unpaired) electrons. The van der Waals surface area contributed by atoms with Crippen LogP contribution < -0.4 is 10.6 Å². The summed E-state index contributed by atoms with van der Waals surface area (Å²) < 4.78 is 5.74. The van der Waals surface area contributed by atoms with E-state index in [0.29, 0.717) is 25.0 Å². The zero-order valence-electron chi connectivity index (χ0n) is 11.7. The summed E-state index contributed by atoms with van der Waals surface area (Å²) >= 11 is 2.02. The lowest BCUT2D eigenvalue weighted by Crippen LogP contribution is -2.34. The topological polar surface area (TPSA) is 50.4 Å². The van der Waals surface area contributed by atoms with Crippen molar-refractivity contribution in [2.45, 2.75) is 38.2 Å². The molecule has 0 unspecified atom stereocenters. The summed E-state index contributed by atoms with van der Waals surface area (Å²) in [6.07, 6.45) is 5.49. The molecule has 2 N–H and O–H groups in total. The Bertz CT molecular complexity index is 264. The van der Waals surface area contributed by atoms with Crippen LogP contribution in [0, 0.1) is 5.92 Å². The highest BCUT2D eigenvalue weighted by atomic mass is 32.2. The molecule has 2 rings (SSSR count). The third-order valence-electron chi connectivity index (χ3n) is 3.90. The van der Waals surface area contributed by atoms with E-state index in [-0.39, 0.29) is 5.91 Å². The van der Waals surface area contributed by atoms with Crippen molar-refractivity contribution in [2.24, 2.45) is 5.92 Å². The van der Waals surface area contributed by atoms with Crippen LogP contribution in [0.15, 0.2) is 0 Å². The summed E-state index contributed by atoms with van der Waals surface area (Å²) in [5, 5.41) is 6.36. The molecule has 0 atom stereocenters. The number of carbonyl (C=O) groups is 1. The number of rotatable bonds is 6. The molecular formula is C14H26N2O2S. The molecule has 5 heteroatoms. The Morgan fingerprint density at radius 2 is 1.95 bits per heavy atom. The van der Waals surface area contributed by atoms with Crippen LogP contribution in [0.5, 0.6) is 0 Å². The number of carbonyl (C=O) groups excluding carboxylic acids is 1. The normalized spacial score (nSPS) is 22.3. The van der Waals surface area contributed by atoms with Gasteiger partial charge in [0.15, 0.2) is 0 Å². The number of amides is 1. The lowest BCUT2D eigenvalue weighted by atomic mass is 10.0. The summed E-state index contributed by atoms with van der Waals surface area (Å²) in [6.45, 7) is 3.50. The van der Waals surface area contributed by atoms with Gasteiger partial charge in [-0.2, -0.15) is 11.8 Å². The van der Waals surface area contributed by atoms with Crippen molar-refractivity contribution >= 4 is 17.7 Å². The fourth-order valence-corrected chi connectivity index (χ4v) is 3.78. The van der Waals surface area contributed by atoms with E-state index in [9.17, 15) is 4.79 Å². The molecule has 0 aromatic carbocycles. The zero-order valence-corrected chi connectivity index (χ0v) is 12.5. The van der Waals surface area contributed by atoms with Gasteiger partial charge < -0.3 is 15.4 Å². The molecule has 2 fully saturated rings. The van der Waals surface area contributed by atoms with E-state index in [1.165, 1.54) is 24.3 Å². The van der Waals surface area contributed by atoms with Gasteiger partial charge in [0.25, 0.3) is 0 Å². The highest BCUT2D eigenvalue weighted by molar-refractivity contribution is 7.99. The number of ether oxygens (including phenoxy) is 1. The number of hydrogen-bond donors (Lipinski definition) is 2. The molecule has 2 heterocycles. The van der Waals surface area contributed by atoms with E-state index >= 15 is 0 Å². The quantitative estimate of drug-likeness (QED) is 0.775. The third-order valence-corrected chi connectivity index (χ3v) is 4.95. The second kappa shape index (κ2) is 8.82. The Labute approximate surface area is 120 Å². The van der Waals surface area contributed by atoms with Crippen molar-refractivity contribution in [3.8, 4) is 0 Å². The monoisotopic (exact) mass is 286 g/mol. The Morgan fingerprint density at radius 3 is 2.68 bits per heavy atom. The molecule has 4 nitrogen and oxygen atoms in total. The molecule has 0 aromatic heterocycles. The van der Waals surface area contributed by atoms with E-state index in [1.807, 2.05) is 11.8 Å². The Hall–Kier alpha value is -0.260. The van der Waals surface area contributed by atoms with E-state index in [1.54, 1.807) is 0 Å². The van der Waals surface area contributed by atoms with E-state index in [4.69, 9.17) is 4.74 Å². The van der Waals surface area contributed by atoms with Crippen LogP contribution >= 0.6 is 11.8 Å². The minimum atomic E-state index is 0.146. The molecule has 0 aliphatic carbocycles. The fourth-order valence-electron chi connectivity index (χ4n) is 2.58. The van der Waals surface area contributed by atoms with Crippen molar-refractivity contribution in [1.82, 2.24) is 10.6 Å². The number of piperidine rings is 1. The minimum Gasteiger partial charge on any atom is -0.378 e. The van der Waals surface area contributed by atoms with Gasteiger partial charge >= 0.3 is 0 Å². The lowest BCUT2D eigenvalue weighted by Gasteiger charge is -2.23. The van der Waals surface area contributed by atoms with Crippen molar-refractivity contribution in [3.05, 3.63) is 0 Å². The van der Waals surface area contributed by atoms with Gasteiger partial charge in [0.2, 0.25) is 5.91 Å². The molecule has 0 bridgehead atoms. The highest BCUT2D eigenvalue weighted by Crippen LogP contribution is 2.21. The van der Waals surface area contributed by atoms with Gasteiger partial charge in [-0.1, -0.05) is 0 Å². The van der Waals surface area contributed by atoms with Crippen LogP contribution in [0.3, 0.4) is 0 Å². The average molecular weight is 286 g/mol. The van der Waals surface area contributed by atoms with Gasteiger partial charge in [-0.25, -0.2) is 0 Å². The van der Waals surface area contributed by atoms with Crippen LogP contribution in [0.2, 0.25) is 0 Å². The average Bonchev–Trinajstić information content (AvgIpc) is 2.47. The molecule has 110 valence electrons. The maximum Gasteiger partial charge on any atom is 0.222 e. The first kappa shape index (κ1) is 15.1. The Morgan fingerprint density at radius 1 is 1.21 bits per heavy atom. The summed E-state index contributed by atoms with van der Waals surface area (Å²) in [4.78, 5) is 11.7. The zero-order chi connectivity index (χ0) is 13.3. The number of hydrogen-bond acceptors (Lipinski definition) is 4. The molecule has 19 heavy (non-hydrogen) atoms. The fraction of sp³-hybridized carbons (Fsp3) is 0.929. The van der Waals surface area contributed by atoms with Gasteiger partial charge in [0, 0.05) is 13.0 Å². The summed E-state index contributed by atoms with van der Waals surface area (Å²) in [6, 6.07) is 0. The summed E-state index contributed by atoms with van der Waals surface area (Å²) in [5.41, 5.74) is 0. The number of thioether (sulfide) groups is 1. The molecule has 2 aliphatic rings. The summed E-state index contributed by atoms with van der Waals surface area (Å²) in [5.74, 6) is 3.33. The predicted octanol–water partition coefficient (Wildman–Crippen LogP) is 1.40. The van der Waals surface area contributed by atoms with Crippen LogP contribution in [-0.4, -0.2) is 49.8 Å². The Kier molecular flexibility index (Phi) is 7.03. The van der Waals surface area contributed by atoms with Gasteiger partial charge in [-0.3, -0.25) is 4.79 Å². The first-order valence-electron chi connectivity index (χ1n) is 7.51. The number of nitrogens with one attached hydrogen (secondary N) is 2. The molecular weight excluding hydrogens is 260 g/mol. The molecule has 0 saturated carbocycles. The standard InChI is InChI=1S/C14H26N2O2S/c17-14(16-11-12-4-9-19-10-5-12)3-8-18-13-1-6-15-7-2-13/h12-13,15H,1-11H2,(H,16,17). The smallest absolute Gasteiger partial charge is 0.222 e. The second-order valence-corrected chi connectivity index (χ2v) is 6.65. The van der Waals surface area contributed by atoms with E-state index < -0.39 is 0 Å². The van der Waals surface area contributed by atoms with Gasteiger partial charge in [-0.05, 0) is 56.2 Å². The second-order valence-electron chi connectivity index (χ2n) is 5.43. The predicted molar refractivity (Wildman–Crippen MR) is 79.5 cm³/mol. The maximum absolute atomic E-state index is 11.7. The van der Waals surface area contributed by atoms with Gasteiger partial charge in [-0.15, -0.1) is 0 Å². The molecule has 2 saturated heterocycles. The van der Waals surface area contributed by atoms with Crippen LogP contribution in [0.1, 0.15) is 32.1 Å². The van der Waals surface area contributed by atoms with E-state index in [0.717, 1.165) is 32.5 Å². The highest BCUT2D eigenvalue weighted by Gasteiger charge is 2.16. The summed E-state index contributed by atoms with van der Waals surface area (Å²) in [7, 11) is 0. The first-order valence-corrected chi connectivity index (χ1v) is 8.67.